The number of rotatable bonds is 4. The second-order valence-electron chi connectivity index (χ2n) is 6.44. The van der Waals surface area contributed by atoms with Crippen LogP contribution in [-0.4, -0.2) is 24.0 Å². The third-order valence-corrected chi connectivity index (χ3v) is 4.69. The summed E-state index contributed by atoms with van der Waals surface area (Å²) in [6, 6.07) is 7.51. The molecular weight excluding hydrogens is 251 g/mol. The molecule has 1 aliphatic carbocycles. The summed E-state index contributed by atoms with van der Waals surface area (Å²) in [4.78, 5) is 2.37. The van der Waals surface area contributed by atoms with Gasteiger partial charge in [-0.1, -0.05) is 19.1 Å². The quantitative estimate of drug-likeness (QED) is 0.909. The monoisotopic (exact) mass is 278 g/mol. The molecule has 0 radical (unpaired) electrons. The molecule has 1 aliphatic rings. The Morgan fingerprint density at radius 2 is 1.90 bits per heavy atom. The highest BCUT2D eigenvalue weighted by Crippen LogP contribution is 2.32. The summed E-state index contributed by atoms with van der Waals surface area (Å²) >= 11 is 0. The Kier molecular flexibility index (Phi) is 5.17. The minimum atomic E-state index is -0.182. The topological polar surface area (TPSA) is 29.3 Å². The Morgan fingerprint density at radius 3 is 2.45 bits per heavy atom. The minimum absolute atomic E-state index is 0.0128. The van der Waals surface area contributed by atoms with E-state index in [0.717, 1.165) is 11.5 Å². The van der Waals surface area contributed by atoms with Gasteiger partial charge in [0.1, 0.15) is 5.82 Å². The maximum Gasteiger partial charge on any atom is 0.123 e. The van der Waals surface area contributed by atoms with Crippen LogP contribution in [-0.2, 0) is 0 Å². The van der Waals surface area contributed by atoms with Gasteiger partial charge in [0.25, 0.3) is 0 Å². The van der Waals surface area contributed by atoms with Gasteiger partial charge in [-0.2, -0.15) is 0 Å². The average Bonchev–Trinajstić information content (AvgIpc) is 2.39. The average molecular weight is 278 g/mol. The van der Waals surface area contributed by atoms with Crippen molar-refractivity contribution in [2.24, 2.45) is 11.7 Å². The first-order valence-electron chi connectivity index (χ1n) is 7.72. The standard InChI is InChI=1S/C17H27FN2/c1-12-7-9-16(10-8-12)20(3)17(13(2)19)14-5-4-6-15(18)11-14/h4-6,11-13,16-17H,7-10,19H2,1-3H3. The van der Waals surface area contributed by atoms with E-state index in [1.165, 1.54) is 31.7 Å². The first-order chi connectivity index (χ1) is 9.49. The van der Waals surface area contributed by atoms with Crippen LogP contribution < -0.4 is 5.73 Å². The van der Waals surface area contributed by atoms with Crippen molar-refractivity contribution in [2.75, 3.05) is 7.05 Å². The fourth-order valence-electron chi connectivity index (χ4n) is 3.48. The van der Waals surface area contributed by atoms with Gasteiger partial charge in [-0.3, -0.25) is 4.90 Å². The highest BCUT2D eigenvalue weighted by molar-refractivity contribution is 5.22. The number of nitrogens with zero attached hydrogens (tertiary/aromatic N) is 1. The van der Waals surface area contributed by atoms with Gasteiger partial charge in [0.15, 0.2) is 0 Å². The molecule has 0 aromatic heterocycles. The van der Waals surface area contributed by atoms with Gasteiger partial charge >= 0.3 is 0 Å². The predicted octanol–water partition coefficient (Wildman–Crippen LogP) is 3.72. The molecule has 0 heterocycles. The summed E-state index contributed by atoms with van der Waals surface area (Å²) in [5, 5.41) is 0. The first kappa shape index (κ1) is 15.5. The number of nitrogens with two attached hydrogens (primary N) is 1. The summed E-state index contributed by atoms with van der Waals surface area (Å²) in [5.41, 5.74) is 7.18. The fraction of sp³-hybridized carbons (Fsp3) is 0.647. The van der Waals surface area contributed by atoms with Gasteiger partial charge in [0, 0.05) is 18.1 Å². The molecule has 0 amide bonds. The highest BCUT2D eigenvalue weighted by atomic mass is 19.1. The van der Waals surface area contributed by atoms with Crippen LogP contribution in [0.25, 0.3) is 0 Å². The molecule has 2 atom stereocenters. The van der Waals surface area contributed by atoms with E-state index in [1.54, 1.807) is 12.1 Å². The van der Waals surface area contributed by atoms with Crippen molar-refractivity contribution in [2.45, 2.75) is 57.7 Å². The lowest BCUT2D eigenvalue weighted by Gasteiger charge is -2.40. The third kappa shape index (κ3) is 3.58. The zero-order chi connectivity index (χ0) is 14.7. The van der Waals surface area contributed by atoms with E-state index in [2.05, 4.69) is 18.9 Å². The number of hydrogen-bond acceptors (Lipinski definition) is 2. The maximum absolute atomic E-state index is 13.5. The van der Waals surface area contributed by atoms with Crippen molar-refractivity contribution in [3.8, 4) is 0 Å². The SMILES string of the molecule is CC1CCC(N(C)C(c2cccc(F)c2)C(C)N)CC1. The number of likely N-dealkylation sites (N-methyl/N-ethyl adjacent to an activating group) is 1. The Labute approximate surface area is 122 Å². The Bertz CT molecular complexity index is 425. The van der Waals surface area contributed by atoms with Crippen LogP contribution in [0.2, 0.25) is 0 Å². The van der Waals surface area contributed by atoms with Crippen LogP contribution in [0, 0.1) is 11.7 Å². The smallest absolute Gasteiger partial charge is 0.123 e. The largest absolute Gasteiger partial charge is 0.326 e. The zero-order valence-electron chi connectivity index (χ0n) is 12.8. The number of halogens is 1. The van der Waals surface area contributed by atoms with Gasteiger partial charge in [0.2, 0.25) is 0 Å². The zero-order valence-corrected chi connectivity index (χ0v) is 12.8. The molecule has 1 aromatic carbocycles. The molecule has 2 rings (SSSR count). The summed E-state index contributed by atoms with van der Waals surface area (Å²) in [7, 11) is 2.14. The van der Waals surface area contributed by atoms with Crippen molar-refractivity contribution >= 4 is 0 Å². The van der Waals surface area contributed by atoms with Crippen molar-refractivity contribution in [1.29, 1.82) is 0 Å². The van der Waals surface area contributed by atoms with Crippen LogP contribution in [0.3, 0.4) is 0 Å². The second-order valence-corrected chi connectivity index (χ2v) is 6.44. The summed E-state index contributed by atoms with van der Waals surface area (Å²) < 4.78 is 13.5. The number of benzene rings is 1. The van der Waals surface area contributed by atoms with Crippen molar-refractivity contribution in [3.63, 3.8) is 0 Å². The lowest BCUT2D eigenvalue weighted by Crippen LogP contribution is -2.44. The van der Waals surface area contributed by atoms with E-state index in [9.17, 15) is 4.39 Å². The molecule has 112 valence electrons. The molecule has 0 bridgehead atoms. The van der Waals surface area contributed by atoms with E-state index in [1.807, 2.05) is 13.0 Å². The van der Waals surface area contributed by atoms with Crippen molar-refractivity contribution in [3.05, 3.63) is 35.6 Å². The molecule has 0 spiro atoms. The summed E-state index contributed by atoms with van der Waals surface area (Å²) in [6.07, 6.45) is 5.00. The van der Waals surface area contributed by atoms with E-state index in [4.69, 9.17) is 5.73 Å². The summed E-state index contributed by atoms with van der Waals surface area (Å²) in [6.45, 7) is 4.34. The molecule has 20 heavy (non-hydrogen) atoms. The Hall–Kier alpha value is -0.930. The molecule has 1 aromatic rings. The predicted molar refractivity (Wildman–Crippen MR) is 82.0 cm³/mol. The van der Waals surface area contributed by atoms with Gasteiger partial charge in [-0.15, -0.1) is 0 Å². The lowest BCUT2D eigenvalue weighted by atomic mass is 9.85. The van der Waals surface area contributed by atoms with Crippen LogP contribution in [0.5, 0.6) is 0 Å². The maximum atomic E-state index is 13.5. The van der Waals surface area contributed by atoms with Gasteiger partial charge in [0.05, 0.1) is 0 Å². The van der Waals surface area contributed by atoms with Gasteiger partial charge in [-0.25, -0.2) is 4.39 Å². The second kappa shape index (κ2) is 6.68. The molecule has 0 saturated heterocycles. The molecule has 0 aliphatic heterocycles. The summed E-state index contributed by atoms with van der Waals surface area (Å²) in [5.74, 6) is 0.654. The highest BCUT2D eigenvalue weighted by Gasteiger charge is 2.29. The van der Waals surface area contributed by atoms with Gasteiger partial charge < -0.3 is 5.73 Å². The molecule has 1 saturated carbocycles. The minimum Gasteiger partial charge on any atom is -0.326 e. The molecule has 1 fully saturated rings. The van der Waals surface area contributed by atoms with Crippen molar-refractivity contribution < 1.29 is 4.39 Å². The molecule has 2 unspecified atom stereocenters. The Morgan fingerprint density at radius 1 is 1.25 bits per heavy atom. The van der Waals surface area contributed by atoms with E-state index in [0.29, 0.717) is 6.04 Å². The van der Waals surface area contributed by atoms with Crippen LogP contribution in [0.1, 0.15) is 51.1 Å². The molecule has 2 nitrogen and oxygen atoms in total. The van der Waals surface area contributed by atoms with E-state index < -0.39 is 0 Å². The molecule has 3 heteroatoms. The lowest BCUT2D eigenvalue weighted by molar-refractivity contribution is 0.111. The van der Waals surface area contributed by atoms with Crippen LogP contribution in [0.4, 0.5) is 4.39 Å². The molecule has 2 N–H and O–H groups in total. The van der Waals surface area contributed by atoms with Gasteiger partial charge in [-0.05, 0) is 63.3 Å². The number of hydrogen-bond donors (Lipinski definition) is 1. The van der Waals surface area contributed by atoms with E-state index >= 15 is 0 Å². The van der Waals surface area contributed by atoms with Crippen LogP contribution in [0.15, 0.2) is 24.3 Å². The third-order valence-electron chi connectivity index (χ3n) is 4.69. The fourth-order valence-corrected chi connectivity index (χ4v) is 3.48. The van der Waals surface area contributed by atoms with Crippen LogP contribution >= 0.6 is 0 Å². The molecular formula is C17H27FN2. The first-order valence-corrected chi connectivity index (χ1v) is 7.72. The van der Waals surface area contributed by atoms with Crippen molar-refractivity contribution in [1.82, 2.24) is 4.90 Å². The van der Waals surface area contributed by atoms with E-state index in [-0.39, 0.29) is 17.9 Å². The Balaban J connectivity index is 2.16. The normalized spacial score (nSPS) is 26.5.